The lowest BCUT2D eigenvalue weighted by Gasteiger charge is -2.04. The fourth-order valence-electron chi connectivity index (χ4n) is 1.99. The molecule has 0 aromatic carbocycles. The Hall–Kier alpha value is -0.300. The van der Waals surface area contributed by atoms with Crippen LogP contribution in [0.25, 0.3) is 0 Å². The van der Waals surface area contributed by atoms with Crippen LogP contribution < -0.4 is 0 Å². The highest BCUT2D eigenvalue weighted by Crippen LogP contribution is 2.39. The van der Waals surface area contributed by atoms with Gasteiger partial charge in [-0.3, -0.25) is 0 Å². The van der Waals surface area contributed by atoms with Crippen LogP contribution in [0, 0.1) is 5.92 Å². The quantitative estimate of drug-likeness (QED) is 0.597. The summed E-state index contributed by atoms with van der Waals surface area (Å²) in [6.07, 6.45) is 4.27. The molecule has 0 nitrogen and oxygen atoms in total. The number of rotatable bonds is 1. The molecule has 0 radical (unpaired) electrons. The van der Waals surface area contributed by atoms with Gasteiger partial charge in [-0.05, 0) is 36.1 Å². The first-order valence-corrected chi connectivity index (χ1v) is 5.27. The normalized spacial score (nSPS) is 31.0. The summed E-state index contributed by atoms with van der Waals surface area (Å²) in [5.41, 5.74) is 0. The molecule has 2 atom stereocenters. The van der Waals surface area contributed by atoms with Crippen LogP contribution in [-0.2, 0) is 0 Å². The van der Waals surface area contributed by atoms with Crippen LogP contribution in [-0.4, -0.2) is 0 Å². The SMILES string of the molecule is CC1CCC(c2cccs2)C1. The molecule has 1 aliphatic carbocycles. The molecule has 0 saturated heterocycles. The summed E-state index contributed by atoms with van der Waals surface area (Å²) in [6, 6.07) is 4.45. The van der Waals surface area contributed by atoms with Crippen LogP contribution in [0.3, 0.4) is 0 Å². The van der Waals surface area contributed by atoms with E-state index in [0.29, 0.717) is 0 Å². The maximum atomic E-state index is 2.37. The first kappa shape index (κ1) is 7.35. The summed E-state index contributed by atoms with van der Waals surface area (Å²) in [5.74, 6) is 1.85. The highest BCUT2D eigenvalue weighted by Gasteiger charge is 2.22. The van der Waals surface area contributed by atoms with Gasteiger partial charge in [-0.25, -0.2) is 0 Å². The summed E-state index contributed by atoms with van der Waals surface area (Å²) in [5, 5.41) is 2.19. The molecular formula is C10H14S. The Balaban J connectivity index is 2.08. The zero-order chi connectivity index (χ0) is 7.68. The maximum absolute atomic E-state index is 2.37. The highest BCUT2D eigenvalue weighted by atomic mass is 32.1. The van der Waals surface area contributed by atoms with Gasteiger partial charge in [-0.2, -0.15) is 0 Å². The smallest absolute Gasteiger partial charge is 0.00762 e. The zero-order valence-corrected chi connectivity index (χ0v) is 7.73. The van der Waals surface area contributed by atoms with Gasteiger partial charge in [0.2, 0.25) is 0 Å². The van der Waals surface area contributed by atoms with Gasteiger partial charge < -0.3 is 0 Å². The Morgan fingerprint density at radius 1 is 1.45 bits per heavy atom. The first-order valence-electron chi connectivity index (χ1n) is 4.39. The van der Waals surface area contributed by atoms with Crippen LogP contribution in [0.2, 0.25) is 0 Å². The second-order valence-corrected chi connectivity index (χ2v) is 4.61. The summed E-state index contributed by atoms with van der Waals surface area (Å²) < 4.78 is 0. The third kappa shape index (κ3) is 1.48. The monoisotopic (exact) mass is 166 g/mol. The van der Waals surface area contributed by atoms with E-state index in [0.717, 1.165) is 11.8 Å². The minimum Gasteiger partial charge on any atom is -0.149 e. The van der Waals surface area contributed by atoms with E-state index in [1.807, 2.05) is 11.3 Å². The lowest BCUT2D eigenvalue weighted by atomic mass is 10.1. The van der Waals surface area contributed by atoms with E-state index < -0.39 is 0 Å². The number of hydrogen-bond donors (Lipinski definition) is 0. The molecule has 0 amide bonds. The van der Waals surface area contributed by atoms with Gasteiger partial charge in [0, 0.05) is 4.88 Å². The number of thiophene rings is 1. The fraction of sp³-hybridized carbons (Fsp3) is 0.600. The molecule has 1 heteroatoms. The van der Waals surface area contributed by atoms with Gasteiger partial charge in [-0.15, -0.1) is 11.3 Å². The van der Waals surface area contributed by atoms with Crippen molar-refractivity contribution < 1.29 is 0 Å². The van der Waals surface area contributed by atoms with E-state index in [1.165, 1.54) is 19.3 Å². The van der Waals surface area contributed by atoms with Crippen molar-refractivity contribution >= 4 is 11.3 Å². The predicted molar refractivity (Wildman–Crippen MR) is 50.1 cm³/mol. The third-order valence-electron chi connectivity index (χ3n) is 2.64. The van der Waals surface area contributed by atoms with Crippen molar-refractivity contribution in [1.82, 2.24) is 0 Å². The summed E-state index contributed by atoms with van der Waals surface area (Å²) in [4.78, 5) is 1.61. The van der Waals surface area contributed by atoms with Crippen LogP contribution >= 0.6 is 11.3 Å². The highest BCUT2D eigenvalue weighted by molar-refractivity contribution is 7.10. The van der Waals surface area contributed by atoms with Crippen LogP contribution in [0.1, 0.15) is 37.0 Å². The van der Waals surface area contributed by atoms with Gasteiger partial charge in [-0.1, -0.05) is 19.4 Å². The third-order valence-corrected chi connectivity index (χ3v) is 3.68. The molecule has 1 aromatic heterocycles. The van der Waals surface area contributed by atoms with Crippen LogP contribution in [0.4, 0.5) is 0 Å². The molecule has 1 aliphatic rings. The molecule has 2 rings (SSSR count). The minimum atomic E-state index is 0.894. The lowest BCUT2D eigenvalue weighted by molar-refractivity contribution is 0.599. The van der Waals surface area contributed by atoms with E-state index in [1.54, 1.807) is 4.88 Å². The molecule has 0 bridgehead atoms. The molecule has 0 aliphatic heterocycles. The van der Waals surface area contributed by atoms with Gasteiger partial charge in [0.25, 0.3) is 0 Å². The molecule has 1 fully saturated rings. The maximum Gasteiger partial charge on any atom is 0.00762 e. The summed E-state index contributed by atoms with van der Waals surface area (Å²) in [7, 11) is 0. The van der Waals surface area contributed by atoms with Crippen molar-refractivity contribution in [2.24, 2.45) is 5.92 Å². The van der Waals surface area contributed by atoms with E-state index in [9.17, 15) is 0 Å². The number of hydrogen-bond acceptors (Lipinski definition) is 1. The van der Waals surface area contributed by atoms with Crippen molar-refractivity contribution in [3.05, 3.63) is 22.4 Å². The first-order chi connectivity index (χ1) is 5.36. The van der Waals surface area contributed by atoms with Crippen molar-refractivity contribution in [3.8, 4) is 0 Å². The van der Waals surface area contributed by atoms with Gasteiger partial charge in [0.05, 0.1) is 0 Å². The Kier molecular flexibility index (Phi) is 1.99. The van der Waals surface area contributed by atoms with E-state index in [4.69, 9.17) is 0 Å². The largest absolute Gasteiger partial charge is 0.149 e. The van der Waals surface area contributed by atoms with Gasteiger partial charge >= 0.3 is 0 Å². The second kappa shape index (κ2) is 2.98. The molecule has 11 heavy (non-hydrogen) atoms. The van der Waals surface area contributed by atoms with Gasteiger partial charge in [0.1, 0.15) is 0 Å². The average Bonchev–Trinajstić information content (AvgIpc) is 2.55. The Morgan fingerprint density at radius 2 is 2.36 bits per heavy atom. The van der Waals surface area contributed by atoms with E-state index in [2.05, 4.69) is 24.4 Å². The minimum absolute atomic E-state index is 0.894. The second-order valence-electron chi connectivity index (χ2n) is 3.63. The van der Waals surface area contributed by atoms with E-state index in [-0.39, 0.29) is 0 Å². The lowest BCUT2D eigenvalue weighted by Crippen LogP contribution is -1.88. The summed E-state index contributed by atoms with van der Waals surface area (Å²) >= 11 is 1.92. The average molecular weight is 166 g/mol. The predicted octanol–water partition coefficient (Wildman–Crippen LogP) is 3.65. The van der Waals surface area contributed by atoms with E-state index >= 15 is 0 Å². The fourth-order valence-corrected chi connectivity index (χ4v) is 2.87. The molecule has 1 aromatic rings. The van der Waals surface area contributed by atoms with Crippen molar-refractivity contribution in [2.45, 2.75) is 32.1 Å². The molecule has 1 heterocycles. The topological polar surface area (TPSA) is 0 Å². The van der Waals surface area contributed by atoms with Crippen LogP contribution in [0.5, 0.6) is 0 Å². The van der Waals surface area contributed by atoms with Crippen LogP contribution in [0.15, 0.2) is 17.5 Å². The standard InChI is InChI=1S/C10H14S/c1-8-4-5-9(7-8)10-3-2-6-11-10/h2-3,6,8-9H,4-5,7H2,1H3. The molecule has 0 N–H and O–H groups in total. The molecule has 0 spiro atoms. The molecule has 60 valence electrons. The summed E-state index contributed by atoms with van der Waals surface area (Å²) in [6.45, 7) is 2.37. The molecule has 2 unspecified atom stereocenters. The Bertz CT molecular complexity index is 213. The van der Waals surface area contributed by atoms with Crippen molar-refractivity contribution in [1.29, 1.82) is 0 Å². The van der Waals surface area contributed by atoms with Crippen molar-refractivity contribution in [2.75, 3.05) is 0 Å². The van der Waals surface area contributed by atoms with Gasteiger partial charge in [0.15, 0.2) is 0 Å². The Labute approximate surface area is 72.3 Å². The molecule has 1 saturated carbocycles. The zero-order valence-electron chi connectivity index (χ0n) is 6.92. The molecular weight excluding hydrogens is 152 g/mol. The Morgan fingerprint density at radius 3 is 2.91 bits per heavy atom. The van der Waals surface area contributed by atoms with Crippen molar-refractivity contribution in [3.63, 3.8) is 0 Å².